The van der Waals surface area contributed by atoms with Gasteiger partial charge in [-0.3, -0.25) is 0 Å². The molecular formula is C7H11F6LiNP. The number of pyridine rings is 1. The predicted octanol–water partition coefficient (Wildman–Crippen LogP) is 3.73. The molecule has 0 N–H and O–H groups in total. The van der Waals surface area contributed by atoms with Crippen LogP contribution in [-0.4, -0.2) is 18.9 Å². The molecule has 0 amide bonds. The summed E-state index contributed by atoms with van der Waals surface area (Å²) >= 11 is 0. The van der Waals surface area contributed by atoms with Crippen LogP contribution >= 0.6 is 7.81 Å². The maximum atomic E-state index is 9.87. The fourth-order valence-corrected chi connectivity index (χ4v) is 0.645. The van der Waals surface area contributed by atoms with Crippen molar-refractivity contribution < 1.29 is 29.7 Å². The molecule has 0 atom stereocenters. The van der Waals surface area contributed by atoms with Crippen molar-refractivity contribution in [2.24, 2.45) is 0 Å². The summed E-state index contributed by atoms with van der Waals surface area (Å²) in [4.78, 5) is 0. The van der Waals surface area contributed by atoms with E-state index in [9.17, 15) is 25.2 Å². The van der Waals surface area contributed by atoms with Crippen molar-refractivity contribution in [3.05, 3.63) is 30.6 Å². The SMILES string of the molecule is CC[n+]1ccccc1.F[P-](F)(F)(F)(F)F.[LiH]. The second kappa shape index (κ2) is 4.95. The van der Waals surface area contributed by atoms with Crippen LogP contribution in [0.1, 0.15) is 6.92 Å². The van der Waals surface area contributed by atoms with E-state index in [0.29, 0.717) is 0 Å². The van der Waals surface area contributed by atoms with Crippen LogP contribution in [0, 0.1) is 0 Å². The van der Waals surface area contributed by atoms with Crippen molar-refractivity contribution in [2.45, 2.75) is 13.5 Å². The molecule has 1 nitrogen and oxygen atoms in total. The molecule has 1 aromatic rings. The second-order valence-electron chi connectivity index (χ2n) is 2.66. The number of aryl methyl sites for hydroxylation is 1. The van der Waals surface area contributed by atoms with Gasteiger partial charge in [-0.2, -0.15) is 0 Å². The van der Waals surface area contributed by atoms with E-state index in [0.717, 1.165) is 6.54 Å². The van der Waals surface area contributed by atoms with E-state index in [-0.39, 0.29) is 18.9 Å². The van der Waals surface area contributed by atoms with Gasteiger partial charge in [-0.15, -0.1) is 0 Å². The molecule has 92 valence electrons. The van der Waals surface area contributed by atoms with Gasteiger partial charge in [0.2, 0.25) is 0 Å². The first-order valence-corrected chi connectivity index (χ1v) is 5.92. The fourth-order valence-electron chi connectivity index (χ4n) is 0.645. The van der Waals surface area contributed by atoms with E-state index in [1.807, 2.05) is 18.2 Å². The molecule has 0 aliphatic heterocycles. The molecule has 0 aliphatic rings. The summed E-state index contributed by atoms with van der Waals surface area (Å²) in [5, 5.41) is 0. The Bertz CT molecular complexity index is 297. The van der Waals surface area contributed by atoms with E-state index in [1.54, 1.807) is 0 Å². The van der Waals surface area contributed by atoms with Crippen LogP contribution in [0.25, 0.3) is 0 Å². The topological polar surface area (TPSA) is 3.88 Å². The van der Waals surface area contributed by atoms with Gasteiger partial charge < -0.3 is 0 Å². The van der Waals surface area contributed by atoms with Crippen LogP contribution in [0.4, 0.5) is 25.2 Å². The van der Waals surface area contributed by atoms with Gasteiger partial charge in [-0.1, -0.05) is 6.07 Å². The van der Waals surface area contributed by atoms with Crippen molar-refractivity contribution in [3.8, 4) is 0 Å². The normalized spacial score (nSPS) is 14.7. The number of rotatable bonds is 1. The summed E-state index contributed by atoms with van der Waals surface area (Å²) in [5.74, 6) is 0. The van der Waals surface area contributed by atoms with E-state index < -0.39 is 7.81 Å². The summed E-state index contributed by atoms with van der Waals surface area (Å²) in [6.45, 7) is 3.18. The fraction of sp³-hybridized carbons (Fsp3) is 0.286. The van der Waals surface area contributed by atoms with Crippen molar-refractivity contribution in [1.29, 1.82) is 0 Å². The summed E-state index contributed by atoms with van der Waals surface area (Å²) in [6, 6.07) is 6.08. The molecule has 0 unspecified atom stereocenters. The molecule has 0 aromatic carbocycles. The number of hydrogen-bond acceptors (Lipinski definition) is 0. The first kappa shape index (κ1) is 18.1. The molecule has 0 spiro atoms. The molecule has 0 saturated heterocycles. The molecule has 9 heteroatoms. The Balaban J connectivity index is 0. The summed E-state index contributed by atoms with van der Waals surface area (Å²) in [7, 11) is -10.7. The van der Waals surface area contributed by atoms with E-state index in [4.69, 9.17) is 0 Å². The Morgan fingerprint density at radius 1 is 0.875 bits per heavy atom. The van der Waals surface area contributed by atoms with Gasteiger partial charge >= 0.3 is 51.9 Å². The monoisotopic (exact) mass is 261 g/mol. The molecule has 0 bridgehead atoms. The van der Waals surface area contributed by atoms with Crippen LogP contribution in [0.5, 0.6) is 0 Å². The molecule has 0 fully saturated rings. The molecule has 0 saturated carbocycles. The van der Waals surface area contributed by atoms with E-state index in [1.165, 1.54) is 0 Å². The Labute approximate surface area is 101 Å². The summed E-state index contributed by atoms with van der Waals surface area (Å²) in [5.41, 5.74) is 0. The second-order valence-corrected chi connectivity index (χ2v) is 4.58. The van der Waals surface area contributed by atoms with Gasteiger partial charge in [0.15, 0.2) is 12.4 Å². The molecule has 1 aromatic heterocycles. The minimum atomic E-state index is -10.7. The van der Waals surface area contributed by atoms with Crippen molar-refractivity contribution in [2.75, 3.05) is 0 Å². The first-order chi connectivity index (χ1) is 6.38. The average molecular weight is 261 g/mol. The quantitative estimate of drug-likeness (QED) is 0.314. The number of aromatic nitrogens is 1. The van der Waals surface area contributed by atoms with Crippen LogP contribution in [0.3, 0.4) is 0 Å². The molecule has 0 aliphatic carbocycles. The van der Waals surface area contributed by atoms with Gasteiger partial charge in [0, 0.05) is 12.1 Å². The van der Waals surface area contributed by atoms with Crippen molar-refractivity contribution in [3.63, 3.8) is 0 Å². The zero-order valence-corrected chi connectivity index (χ0v) is 8.65. The van der Waals surface area contributed by atoms with Crippen molar-refractivity contribution in [1.82, 2.24) is 0 Å². The number of nitrogens with zero attached hydrogens (tertiary/aromatic N) is 1. The Morgan fingerprint density at radius 2 is 1.19 bits per heavy atom. The average Bonchev–Trinajstić information content (AvgIpc) is 2.00. The third kappa shape index (κ3) is 23.5. The Morgan fingerprint density at radius 3 is 1.38 bits per heavy atom. The van der Waals surface area contributed by atoms with Crippen LogP contribution < -0.4 is 4.57 Å². The molecule has 1 heterocycles. The zero-order chi connectivity index (χ0) is 12.2. The zero-order valence-electron chi connectivity index (χ0n) is 7.76. The molecule has 1 rings (SSSR count). The Hall–Kier alpha value is -0.243. The Kier molecular flexibility index (Phi) is 5.61. The minimum absolute atomic E-state index is 0. The molecule has 16 heavy (non-hydrogen) atoms. The van der Waals surface area contributed by atoms with E-state index in [2.05, 4.69) is 23.9 Å². The third-order valence-electron chi connectivity index (χ3n) is 1.14. The van der Waals surface area contributed by atoms with Crippen LogP contribution in [0.15, 0.2) is 30.6 Å². The predicted molar refractivity (Wildman–Crippen MR) is 53.0 cm³/mol. The van der Waals surface area contributed by atoms with Crippen LogP contribution in [0.2, 0.25) is 0 Å². The van der Waals surface area contributed by atoms with Gasteiger partial charge in [-0.05, 0) is 6.92 Å². The standard InChI is InChI=1S/C7H10N.F6P.Li.H/c1-2-8-6-4-3-5-7-8;1-7(2,3,4,5)6;;/h3-7H,2H2,1H3;;;/q+1;-1;;. The number of halogens is 6. The third-order valence-corrected chi connectivity index (χ3v) is 1.14. The molecular weight excluding hydrogens is 250 g/mol. The summed E-state index contributed by atoms with van der Waals surface area (Å²) in [6.07, 6.45) is 4.11. The van der Waals surface area contributed by atoms with Gasteiger partial charge in [0.1, 0.15) is 6.54 Å². The van der Waals surface area contributed by atoms with Gasteiger partial charge in [-0.25, -0.2) is 4.57 Å². The van der Waals surface area contributed by atoms with Crippen molar-refractivity contribution >= 4 is 26.7 Å². The van der Waals surface area contributed by atoms with Gasteiger partial charge in [0.25, 0.3) is 0 Å². The van der Waals surface area contributed by atoms with E-state index >= 15 is 0 Å². The maximum absolute atomic E-state index is 10.7. The summed E-state index contributed by atoms with van der Waals surface area (Å²) < 4.78 is 61.3. The number of hydrogen-bond donors (Lipinski definition) is 0. The van der Waals surface area contributed by atoms with Gasteiger partial charge in [0.05, 0.1) is 0 Å². The first-order valence-electron chi connectivity index (χ1n) is 3.89. The molecule has 0 radical (unpaired) electrons. The van der Waals surface area contributed by atoms with Crippen LogP contribution in [-0.2, 0) is 6.54 Å².